The lowest BCUT2D eigenvalue weighted by molar-refractivity contribution is 0.414. The summed E-state index contributed by atoms with van der Waals surface area (Å²) in [5.41, 5.74) is 2.62. The molecule has 0 N–H and O–H groups in total. The number of benzene rings is 2. The summed E-state index contributed by atoms with van der Waals surface area (Å²) < 4.78 is 20.5. The highest BCUT2D eigenvalue weighted by atomic mass is 35.5. The quantitative estimate of drug-likeness (QED) is 0.385. The summed E-state index contributed by atoms with van der Waals surface area (Å²) in [6.45, 7) is 0. The van der Waals surface area contributed by atoms with Crippen molar-refractivity contribution in [2.45, 2.75) is 10.9 Å². The monoisotopic (exact) mass is 426 g/mol. The zero-order valence-electron chi connectivity index (χ0n) is 15.4. The van der Waals surface area contributed by atoms with Crippen molar-refractivity contribution < 1.29 is 9.13 Å². The molecule has 0 radical (unpaired) electrons. The van der Waals surface area contributed by atoms with Gasteiger partial charge in [0.05, 0.1) is 7.11 Å². The molecule has 2 aromatic heterocycles. The molecule has 4 rings (SSSR count). The van der Waals surface area contributed by atoms with Crippen LogP contribution in [0, 0.1) is 5.82 Å². The van der Waals surface area contributed by atoms with Gasteiger partial charge in [0, 0.05) is 34.4 Å². The molecule has 2 heterocycles. The van der Waals surface area contributed by atoms with Crippen molar-refractivity contribution in [2.75, 3.05) is 7.11 Å². The third kappa shape index (κ3) is 4.26. The maximum Gasteiger partial charge on any atom is 0.196 e. The fourth-order valence-corrected chi connectivity index (χ4v) is 4.07. The Morgan fingerprint density at radius 1 is 1.03 bits per heavy atom. The van der Waals surface area contributed by atoms with Gasteiger partial charge >= 0.3 is 0 Å². The number of rotatable bonds is 6. The van der Waals surface area contributed by atoms with Gasteiger partial charge in [-0.3, -0.25) is 9.55 Å². The van der Waals surface area contributed by atoms with E-state index < -0.39 is 0 Å². The standard InChI is InChI=1S/C21H16ClFN4OS/c1-28-18-6-4-17(5-7-18)27-20(14-8-10-24-11-9-14)25-26-21(27)29-13-15-2-3-16(23)12-19(15)22/h2-12H,13H2,1H3. The van der Waals surface area contributed by atoms with Gasteiger partial charge in [-0.15, -0.1) is 10.2 Å². The summed E-state index contributed by atoms with van der Waals surface area (Å²) in [6, 6.07) is 15.8. The first-order chi connectivity index (χ1) is 14.2. The van der Waals surface area contributed by atoms with Crippen LogP contribution in [0.3, 0.4) is 0 Å². The highest BCUT2D eigenvalue weighted by molar-refractivity contribution is 7.98. The molecule has 0 saturated heterocycles. The first kappa shape index (κ1) is 19.4. The lowest BCUT2D eigenvalue weighted by atomic mass is 10.2. The van der Waals surface area contributed by atoms with Gasteiger partial charge in [0.15, 0.2) is 11.0 Å². The summed E-state index contributed by atoms with van der Waals surface area (Å²) in [4.78, 5) is 4.07. The van der Waals surface area contributed by atoms with Gasteiger partial charge < -0.3 is 4.74 Å². The fraction of sp³-hybridized carbons (Fsp3) is 0.0952. The first-order valence-electron chi connectivity index (χ1n) is 8.72. The second-order valence-electron chi connectivity index (χ2n) is 6.10. The summed E-state index contributed by atoms with van der Waals surface area (Å²) in [6.07, 6.45) is 3.43. The minimum Gasteiger partial charge on any atom is -0.497 e. The van der Waals surface area contributed by atoms with Gasteiger partial charge in [0.1, 0.15) is 11.6 Å². The van der Waals surface area contributed by atoms with Crippen molar-refractivity contribution >= 4 is 23.4 Å². The average molecular weight is 427 g/mol. The number of aromatic nitrogens is 4. The molecule has 0 bridgehead atoms. The molecular weight excluding hydrogens is 411 g/mol. The number of nitrogens with zero attached hydrogens (tertiary/aromatic N) is 4. The molecule has 4 aromatic rings. The van der Waals surface area contributed by atoms with E-state index >= 15 is 0 Å². The molecular formula is C21H16ClFN4OS. The number of halogens is 2. The van der Waals surface area contributed by atoms with Gasteiger partial charge in [-0.05, 0) is 54.1 Å². The molecule has 0 spiro atoms. The van der Waals surface area contributed by atoms with Gasteiger partial charge in [0.25, 0.3) is 0 Å². The zero-order chi connectivity index (χ0) is 20.2. The van der Waals surface area contributed by atoms with Crippen molar-refractivity contribution in [3.63, 3.8) is 0 Å². The molecule has 0 saturated carbocycles. The third-order valence-electron chi connectivity index (χ3n) is 4.27. The summed E-state index contributed by atoms with van der Waals surface area (Å²) in [5.74, 6) is 1.64. The Labute approximate surface area is 176 Å². The molecule has 146 valence electrons. The predicted molar refractivity (Wildman–Crippen MR) is 112 cm³/mol. The number of pyridine rings is 1. The molecule has 29 heavy (non-hydrogen) atoms. The van der Waals surface area contributed by atoms with Gasteiger partial charge in [-0.1, -0.05) is 29.4 Å². The summed E-state index contributed by atoms with van der Waals surface area (Å²) in [5, 5.41) is 9.86. The molecule has 8 heteroatoms. The second kappa shape index (κ2) is 8.63. The minimum atomic E-state index is -0.356. The highest BCUT2D eigenvalue weighted by Crippen LogP contribution is 2.31. The first-order valence-corrected chi connectivity index (χ1v) is 10.1. The van der Waals surface area contributed by atoms with Gasteiger partial charge in [-0.25, -0.2) is 4.39 Å². The Morgan fingerprint density at radius 2 is 1.79 bits per heavy atom. The maximum absolute atomic E-state index is 13.3. The predicted octanol–water partition coefficient (Wildman–Crippen LogP) is 5.42. The molecule has 0 fully saturated rings. The fourth-order valence-electron chi connectivity index (χ4n) is 2.80. The van der Waals surface area contributed by atoms with Crippen molar-refractivity contribution in [1.82, 2.24) is 19.7 Å². The molecule has 0 unspecified atom stereocenters. The van der Waals surface area contributed by atoms with E-state index in [-0.39, 0.29) is 5.82 Å². The Hall–Kier alpha value is -2.90. The largest absolute Gasteiger partial charge is 0.497 e. The smallest absolute Gasteiger partial charge is 0.196 e. The van der Waals surface area contributed by atoms with Crippen LogP contribution in [-0.2, 0) is 5.75 Å². The molecule has 0 aliphatic heterocycles. The molecule has 2 aromatic carbocycles. The van der Waals surface area contributed by atoms with Crippen LogP contribution in [0.1, 0.15) is 5.56 Å². The van der Waals surface area contributed by atoms with Crippen molar-refractivity contribution in [3.05, 3.63) is 83.4 Å². The van der Waals surface area contributed by atoms with E-state index in [2.05, 4.69) is 15.2 Å². The Kier molecular flexibility index (Phi) is 5.78. The van der Waals surface area contributed by atoms with Crippen molar-refractivity contribution in [3.8, 4) is 22.8 Å². The number of hydrogen-bond donors (Lipinski definition) is 0. The number of methoxy groups -OCH3 is 1. The lowest BCUT2D eigenvalue weighted by Crippen LogP contribution is -2.00. The van der Waals surface area contributed by atoms with E-state index in [9.17, 15) is 4.39 Å². The van der Waals surface area contributed by atoms with Crippen molar-refractivity contribution in [2.24, 2.45) is 0 Å². The van der Waals surface area contributed by atoms with Crippen LogP contribution < -0.4 is 4.74 Å². The molecule has 5 nitrogen and oxygen atoms in total. The topological polar surface area (TPSA) is 52.8 Å². The maximum atomic E-state index is 13.3. The molecule has 0 amide bonds. The minimum absolute atomic E-state index is 0.356. The number of thioether (sulfide) groups is 1. The van der Waals surface area contributed by atoms with E-state index in [0.717, 1.165) is 22.6 Å². The van der Waals surface area contributed by atoms with E-state index in [1.165, 1.54) is 23.9 Å². The molecule has 0 atom stereocenters. The van der Waals surface area contributed by atoms with Crippen LogP contribution in [0.5, 0.6) is 5.75 Å². The Morgan fingerprint density at radius 3 is 2.48 bits per heavy atom. The number of hydrogen-bond acceptors (Lipinski definition) is 5. The van der Waals surface area contributed by atoms with Gasteiger partial charge in [-0.2, -0.15) is 0 Å². The Balaban J connectivity index is 1.72. The van der Waals surface area contributed by atoms with Crippen LogP contribution in [0.2, 0.25) is 5.02 Å². The third-order valence-corrected chi connectivity index (χ3v) is 5.60. The Bertz CT molecular complexity index is 1120. The van der Waals surface area contributed by atoms with Crippen LogP contribution in [0.15, 0.2) is 72.1 Å². The highest BCUT2D eigenvalue weighted by Gasteiger charge is 2.17. The van der Waals surface area contributed by atoms with E-state index in [1.54, 1.807) is 25.6 Å². The SMILES string of the molecule is COc1ccc(-n2c(SCc3ccc(F)cc3Cl)nnc2-c2ccncc2)cc1. The zero-order valence-corrected chi connectivity index (χ0v) is 17.0. The normalized spacial score (nSPS) is 10.9. The van der Waals surface area contributed by atoms with E-state index in [4.69, 9.17) is 16.3 Å². The van der Waals surface area contributed by atoms with Gasteiger partial charge in [0.2, 0.25) is 0 Å². The van der Waals surface area contributed by atoms with E-state index in [1.807, 2.05) is 41.0 Å². The summed E-state index contributed by atoms with van der Waals surface area (Å²) in [7, 11) is 1.63. The lowest BCUT2D eigenvalue weighted by Gasteiger charge is -2.11. The van der Waals surface area contributed by atoms with Crippen molar-refractivity contribution in [1.29, 1.82) is 0 Å². The molecule has 0 aliphatic carbocycles. The van der Waals surface area contributed by atoms with Crippen LogP contribution in [-0.4, -0.2) is 26.9 Å². The van der Waals surface area contributed by atoms with E-state index in [0.29, 0.717) is 21.8 Å². The average Bonchev–Trinajstić information content (AvgIpc) is 3.18. The van der Waals surface area contributed by atoms with Crippen LogP contribution in [0.25, 0.3) is 17.1 Å². The molecule has 0 aliphatic rings. The number of ether oxygens (including phenoxy) is 1. The summed E-state index contributed by atoms with van der Waals surface area (Å²) >= 11 is 7.65. The second-order valence-corrected chi connectivity index (χ2v) is 7.45. The van der Waals surface area contributed by atoms with Crippen LogP contribution >= 0.6 is 23.4 Å². The van der Waals surface area contributed by atoms with Crippen LogP contribution in [0.4, 0.5) is 4.39 Å².